The summed E-state index contributed by atoms with van der Waals surface area (Å²) in [5, 5.41) is 3.52. The predicted molar refractivity (Wildman–Crippen MR) is 84.3 cm³/mol. The van der Waals surface area contributed by atoms with Gasteiger partial charge in [-0.25, -0.2) is 0 Å². The van der Waals surface area contributed by atoms with Crippen LogP contribution in [0.25, 0.3) is 0 Å². The summed E-state index contributed by atoms with van der Waals surface area (Å²) in [6, 6.07) is 12.7. The first-order valence-corrected chi connectivity index (χ1v) is 7.49. The van der Waals surface area contributed by atoms with Gasteiger partial charge in [0, 0.05) is 25.2 Å². The average Bonchev–Trinajstić information content (AvgIpc) is 2.78. The van der Waals surface area contributed by atoms with Crippen LogP contribution in [0.2, 0.25) is 0 Å². The SMILES string of the molecule is C[C@H](NCc1ccc2c(c1)CC(C)(C)O2)c1ccccn1. The number of rotatable bonds is 4. The Labute approximate surface area is 126 Å². The molecule has 0 unspecified atom stereocenters. The molecule has 21 heavy (non-hydrogen) atoms. The molecular weight excluding hydrogens is 260 g/mol. The highest BCUT2D eigenvalue weighted by Crippen LogP contribution is 2.35. The molecule has 3 rings (SSSR count). The van der Waals surface area contributed by atoms with E-state index < -0.39 is 0 Å². The molecule has 0 spiro atoms. The molecule has 0 saturated carbocycles. The molecule has 0 aliphatic carbocycles. The zero-order valence-corrected chi connectivity index (χ0v) is 12.9. The van der Waals surface area contributed by atoms with Crippen molar-refractivity contribution >= 4 is 0 Å². The standard InChI is InChI=1S/C18H22N2O/c1-13(16-6-4-5-9-19-16)20-12-14-7-8-17-15(10-14)11-18(2,3)21-17/h4-10,13,20H,11-12H2,1-3H3/t13-/m0/s1. The van der Waals surface area contributed by atoms with Crippen LogP contribution >= 0.6 is 0 Å². The topological polar surface area (TPSA) is 34.1 Å². The van der Waals surface area contributed by atoms with E-state index in [4.69, 9.17) is 4.74 Å². The highest BCUT2D eigenvalue weighted by atomic mass is 16.5. The fourth-order valence-corrected chi connectivity index (χ4v) is 2.78. The molecule has 2 heterocycles. The van der Waals surface area contributed by atoms with Crippen molar-refractivity contribution in [1.29, 1.82) is 0 Å². The highest BCUT2D eigenvalue weighted by Gasteiger charge is 2.29. The third-order valence-corrected chi connectivity index (χ3v) is 3.87. The molecule has 1 aliphatic rings. The number of pyridine rings is 1. The van der Waals surface area contributed by atoms with Gasteiger partial charge in [0.1, 0.15) is 11.4 Å². The van der Waals surface area contributed by atoms with E-state index in [1.807, 2.05) is 18.3 Å². The van der Waals surface area contributed by atoms with Gasteiger partial charge >= 0.3 is 0 Å². The third kappa shape index (κ3) is 3.24. The van der Waals surface area contributed by atoms with Crippen molar-refractivity contribution in [3.05, 3.63) is 59.4 Å². The molecule has 1 aromatic carbocycles. The van der Waals surface area contributed by atoms with Gasteiger partial charge in [-0.15, -0.1) is 0 Å². The second-order valence-electron chi connectivity index (χ2n) is 6.34. The molecule has 0 radical (unpaired) electrons. The van der Waals surface area contributed by atoms with Gasteiger partial charge in [0.25, 0.3) is 0 Å². The van der Waals surface area contributed by atoms with E-state index in [2.05, 4.69) is 55.3 Å². The van der Waals surface area contributed by atoms with Gasteiger partial charge in [0.15, 0.2) is 0 Å². The van der Waals surface area contributed by atoms with Crippen molar-refractivity contribution in [1.82, 2.24) is 10.3 Å². The molecular formula is C18H22N2O. The van der Waals surface area contributed by atoms with E-state index in [1.165, 1.54) is 11.1 Å². The first-order valence-electron chi connectivity index (χ1n) is 7.49. The Morgan fingerprint density at radius 2 is 2.14 bits per heavy atom. The third-order valence-electron chi connectivity index (χ3n) is 3.87. The van der Waals surface area contributed by atoms with E-state index in [9.17, 15) is 0 Å². The molecule has 3 nitrogen and oxygen atoms in total. The summed E-state index contributed by atoms with van der Waals surface area (Å²) in [4.78, 5) is 4.39. The lowest BCUT2D eigenvalue weighted by molar-refractivity contribution is 0.138. The van der Waals surface area contributed by atoms with Crippen LogP contribution in [0, 0.1) is 0 Å². The maximum absolute atomic E-state index is 5.91. The minimum Gasteiger partial charge on any atom is -0.487 e. The Hall–Kier alpha value is -1.87. The zero-order valence-electron chi connectivity index (χ0n) is 12.9. The number of hydrogen-bond acceptors (Lipinski definition) is 3. The highest BCUT2D eigenvalue weighted by molar-refractivity contribution is 5.41. The lowest BCUT2D eigenvalue weighted by Crippen LogP contribution is -2.24. The van der Waals surface area contributed by atoms with Gasteiger partial charge in [0.2, 0.25) is 0 Å². The molecule has 0 amide bonds. The minimum absolute atomic E-state index is 0.0738. The van der Waals surface area contributed by atoms with Gasteiger partial charge in [-0.1, -0.05) is 18.2 Å². The molecule has 0 saturated heterocycles. The van der Waals surface area contributed by atoms with Gasteiger partial charge < -0.3 is 10.1 Å². The smallest absolute Gasteiger partial charge is 0.123 e. The number of nitrogens with zero attached hydrogens (tertiary/aromatic N) is 1. The maximum Gasteiger partial charge on any atom is 0.123 e. The average molecular weight is 282 g/mol. The Bertz CT molecular complexity index is 622. The Morgan fingerprint density at radius 1 is 1.29 bits per heavy atom. The summed E-state index contributed by atoms with van der Waals surface area (Å²) >= 11 is 0. The van der Waals surface area contributed by atoms with Crippen LogP contribution in [0.15, 0.2) is 42.6 Å². The Morgan fingerprint density at radius 3 is 2.90 bits per heavy atom. The molecule has 1 atom stereocenters. The molecule has 1 aromatic heterocycles. The Kier molecular flexibility index (Phi) is 3.68. The fourth-order valence-electron chi connectivity index (χ4n) is 2.78. The molecule has 110 valence electrons. The summed E-state index contributed by atoms with van der Waals surface area (Å²) in [6.45, 7) is 7.25. The second-order valence-corrected chi connectivity index (χ2v) is 6.34. The van der Waals surface area contributed by atoms with E-state index in [0.29, 0.717) is 0 Å². The number of benzene rings is 1. The van der Waals surface area contributed by atoms with Crippen LogP contribution < -0.4 is 10.1 Å². The first-order chi connectivity index (χ1) is 10.0. The lowest BCUT2D eigenvalue weighted by Gasteiger charge is -2.16. The number of nitrogens with one attached hydrogen (secondary N) is 1. The molecule has 2 aromatic rings. The lowest BCUT2D eigenvalue weighted by atomic mass is 10.00. The number of hydrogen-bond donors (Lipinski definition) is 1. The molecule has 1 aliphatic heterocycles. The van der Waals surface area contributed by atoms with Crippen LogP contribution in [0.3, 0.4) is 0 Å². The van der Waals surface area contributed by atoms with E-state index in [0.717, 1.165) is 24.4 Å². The number of fused-ring (bicyclic) bond motifs is 1. The summed E-state index contributed by atoms with van der Waals surface area (Å²) in [7, 11) is 0. The summed E-state index contributed by atoms with van der Waals surface area (Å²) in [5.74, 6) is 1.03. The van der Waals surface area contributed by atoms with Crippen LogP contribution in [0.1, 0.15) is 43.6 Å². The molecule has 0 fully saturated rings. The Balaban J connectivity index is 1.65. The van der Waals surface area contributed by atoms with Crippen LogP contribution in [-0.2, 0) is 13.0 Å². The summed E-state index contributed by atoms with van der Waals surface area (Å²) in [6.07, 6.45) is 2.81. The van der Waals surface area contributed by atoms with Gasteiger partial charge in [-0.2, -0.15) is 0 Å². The molecule has 0 bridgehead atoms. The maximum atomic E-state index is 5.91. The normalized spacial score (nSPS) is 17.1. The first kappa shape index (κ1) is 14.1. The number of aromatic nitrogens is 1. The van der Waals surface area contributed by atoms with E-state index in [-0.39, 0.29) is 11.6 Å². The largest absolute Gasteiger partial charge is 0.487 e. The zero-order chi connectivity index (χ0) is 14.9. The summed E-state index contributed by atoms with van der Waals surface area (Å²) in [5.41, 5.74) is 3.60. The quantitative estimate of drug-likeness (QED) is 0.929. The monoisotopic (exact) mass is 282 g/mol. The summed E-state index contributed by atoms with van der Waals surface area (Å²) < 4.78 is 5.91. The molecule has 3 heteroatoms. The van der Waals surface area contributed by atoms with Gasteiger partial charge in [0.05, 0.1) is 5.69 Å². The van der Waals surface area contributed by atoms with E-state index >= 15 is 0 Å². The van der Waals surface area contributed by atoms with Crippen LogP contribution in [0.4, 0.5) is 0 Å². The van der Waals surface area contributed by atoms with Crippen molar-refractivity contribution in [3.8, 4) is 5.75 Å². The predicted octanol–water partition coefficient (Wildman–Crippen LogP) is 3.65. The minimum atomic E-state index is -0.0738. The van der Waals surface area contributed by atoms with Crippen LogP contribution in [0.5, 0.6) is 5.75 Å². The van der Waals surface area contributed by atoms with Gasteiger partial charge in [-0.05, 0) is 50.1 Å². The van der Waals surface area contributed by atoms with Crippen molar-refractivity contribution in [2.45, 2.75) is 45.4 Å². The van der Waals surface area contributed by atoms with E-state index in [1.54, 1.807) is 0 Å². The number of ether oxygens (including phenoxy) is 1. The fraction of sp³-hybridized carbons (Fsp3) is 0.389. The van der Waals surface area contributed by atoms with Crippen molar-refractivity contribution in [3.63, 3.8) is 0 Å². The second kappa shape index (κ2) is 5.49. The van der Waals surface area contributed by atoms with Crippen LogP contribution in [-0.4, -0.2) is 10.6 Å². The van der Waals surface area contributed by atoms with Crippen molar-refractivity contribution < 1.29 is 4.74 Å². The molecule has 1 N–H and O–H groups in total. The van der Waals surface area contributed by atoms with Crippen molar-refractivity contribution in [2.75, 3.05) is 0 Å². The van der Waals surface area contributed by atoms with Crippen molar-refractivity contribution in [2.24, 2.45) is 0 Å². The van der Waals surface area contributed by atoms with Gasteiger partial charge in [-0.3, -0.25) is 4.98 Å².